The summed E-state index contributed by atoms with van der Waals surface area (Å²) in [5.41, 5.74) is 6.08. The first-order valence-corrected chi connectivity index (χ1v) is 3.70. The lowest BCUT2D eigenvalue weighted by Crippen LogP contribution is -2.15. The molecule has 3 nitrogen and oxygen atoms in total. The van der Waals surface area contributed by atoms with Gasteiger partial charge in [0, 0.05) is 5.69 Å². The molecule has 0 spiro atoms. The fourth-order valence-electron chi connectivity index (χ4n) is 0.984. The molecule has 0 bridgehead atoms. The number of nitrogen functional groups attached to an aromatic ring is 1. The van der Waals surface area contributed by atoms with E-state index in [0.29, 0.717) is 5.46 Å². The number of carbonyl (C=O) groups is 1. The van der Waals surface area contributed by atoms with Crippen LogP contribution in [-0.4, -0.2) is 20.9 Å². The van der Waals surface area contributed by atoms with E-state index in [1.54, 1.807) is 7.85 Å². The number of rotatable bonds is 1. The monoisotopic (exact) mass is 181 g/mol. The van der Waals surface area contributed by atoms with Gasteiger partial charge in [-0.3, -0.25) is 0 Å². The second kappa shape index (κ2) is 3.47. The van der Waals surface area contributed by atoms with E-state index in [2.05, 4.69) is 4.74 Å². The van der Waals surface area contributed by atoms with E-state index >= 15 is 0 Å². The smallest absolute Gasteiger partial charge is 0.339 e. The Morgan fingerprint density at radius 1 is 1.62 bits per heavy atom. The van der Waals surface area contributed by atoms with Gasteiger partial charge in [0.05, 0.1) is 12.7 Å². The van der Waals surface area contributed by atoms with Gasteiger partial charge in [0.1, 0.15) is 13.7 Å². The Kier molecular flexibility index (Phi) is 2.56. The van der Waals surface area contributed by atoms with Crippen LogP contribution in [0.1, 0.15) is 10.4 Å². The molecule has 68 valence electrons. The average molecular weight is 181 g/mol. The molecule has 0 aliphatic rings. The lowest BCUT2D eigenvalue weighted by Gasteiger charge is -2.05. The van der Waals surface area contributed by atoms with Crippen molar-refractivity contribution >= 4 is 25.0 Å². The Morgan fingerprint density at radius 2 is 2.23 bits per heavy atom. The van der Waals surface area contributed by atoms with Crippen LogP contribution in [0.4, 0.5) is 10.1 Å². The van der Waals surface area contributed by atoms with E-state index in [-0.39, 0.29) is 11.3 Å². The van der Waals surface area contributed by atoms with Crippen LogP contribution in [0.25, 0.3) is 0 Å². The van der Waals surface area contributed by atoms with Crippen molar-refractivity contribution in [3.05, 3.63) is 23.5 Å². The van der Waals surface area contributed by atoms with Gasteiger partial charge in [0.25, 0.3) is 0 Å². The number of hydrogen-bond acceptors (Lipinski definition) is 3. The number of halogens is 1. The normalized spacial score (nSPS) is 9.69. The van der Waals surface area contributed by atoms with E-state index in [1.165, 1.54) is 13.2 Å². The highest BCUT2D eigenvalue weighted by molar-refractivity contribution is 6.33. The van der Waals surface area contributed by atoms with Crippen molar-refractivity contribution in [1.29, 1.82) is 0 Å². The van der Waals surface area contributed by atoms with Gasteiger partial charge < -0.3 is 10.5 Å². The van der Waals surface area contributed by atoms with Gasteiger partial charge in [0.15, 0.2) is 0 Å². The van der Waals surface area contributed by atoms with Crippen molar-refractivity contribution in [2.45, 2.75) is 0 Å². The Hall–Kier alpha value is -1.52. The average Bonchev–Trinajstić information content (AvgIpc) is 2.10. The van der Waals surface area contributed by atoms with E-state index in [4.69, 9.17) is 5.73 Å². The van der Waals surface area contributed by atoms with Gasteiger partial charge >= 0.3 is 5.97 Å². The Bertz CT molecular complexity index is 354. The van der Waals surface area contributed by atoms with Crippen molar-refractivity contribution < 1.29 is 13.9 Å². The van der Waals surface area contributed by atoms with Gasteiger partial charge in [-0.05, 0) is 12.1 Å². The molecule has 0 aromatic heterocycles. The molecule has 0 saturated carbocycles. The standard InChI is InChI=1S/C8H9BFNO2/c1-13-8(12)4-2-5(9)6(10)3-7(4)11/h2-3H,9,11H2,1H3. The molecule has 1 aromatic carbocycles. The van der Waals surface area contributed by atoms with Crippen LogP contribution >= 0.6 is 0 Å². The summed E-state index contributed by atoms with van der Waals surface area (Å²) in [4.78, 5) is 11.1. The van der Waals surface area contributed by atoms with Gasteiger partial charge in [-0.25, -0.2) is 9.18 Å². The molecule has 0 atom stereocenters. The molecule has 1 aromatic rings. The van der Waals surface area contributed by atoms with Crippen LogP contribution in [-0.2, 0) is 4.74 Å². The number of benzene rings is 1. The second-order valence-electron chi connectivity index (χ2n) is 2.68. The third kappa shape index (κ3) is 1.80. The van der Waals surface area contributed by atoms with Crippen molar-refractivity contribution in [2.24, 2.45) is 0 Å². The zero-order chi connectivity index (χ0) is 10.0. The van der Waals surface area contributed by atoms with Crippen LogP contribution < -0.4 is 11.2 Å². The highest BCUT2D eigenvalue weighted by Gasteiger charge is 2.11. The van der Waals surface area contributed by atoms with Crippen molar-refractivity contribution in [2.75, 3.05) is 12.8 Å². The molecule has 0 unspecified atom stereocenters. The molecule has 0 aliphatic heterocycles. The fraction of sp³-hybridized carbons (Fsp3) is 0.125. The zero-order valence-electron chi connectivity index (χ0n) is 7.43. The third-order valence-corrected chi connectivity index (χ3v) is 1.74. The van der Waals surface area contributed by atoms with Gasteiger partial charge in [-0.15, -0.1) is 0 Å². The molecule has 0 aliphatic carbocycles. The summed E-state index contributed by atoms with van der Waals surface area (Å²) in [6.07, 6.45) is 0. The summed E-state index contributed by atoms with van der Waals surface area (Å²) >= 11 is 0. The molecule has 0 heterocycles. The van der Waals surface area contributed by atoms with Crippen LogP contribution in [0.3, 0.4) is 0 Å². The number of hydrogen-bond donors (Lipinski definition) is 1. The quantitative estimate of drug-likeness (QED) is 0.359. The van der Waals surface area contributed by atoms with Crippen molar-refractivity contribution in [3.8, 4) is 0 Å². The predicted molar refractivity (Wildman–Crippen MR) is 50.3 cm³/mol. The molecular weight excluding hydrogens is 172 g/mol. The molecule has 5 heteroatoms. The topological polar surface area (TPSA) is 52.3 Å². The first kappa shape index (κ1) is 9.57. The first-order chi connectivity index (χ1) is 6.06. The summed E-state index contributed by atoms with van der Waals surface area (Å²) in [5.74, 6) is -0.981. The molecule has 0 fully saturated rings. The van der Waals surface area contributed by atoms with Gasteiger partial charge in [-0.1, -0.05) is 5.46 Å². The molecule has 0 amide bonds. The fourth-order valence-corrected chi connectivity index (χ4v) is 0.984. The Morgan fingerprint density at radius 3 is 2.77 bits per heavy atom. The minimum atomic E-state index is -0.555. The summed E-state index contributed by atoms with van der Waals surface area (Å²) in [6.45, 7) is 0. The third-order valence-electron chi connectivity index (χ3n) is 1.74. The minimum absolute atomic E-state index is 0.0925. The maximum atomic E-state index is 12.9. The first-order valence-electron chi connectivity index (χ1n) is 3.70. The zero-order valence-corrected chi connectivity index (χ0v) is 7.43. The number of esters is 1. The van der Waals surface area contributed by atoms with E-state index in [0.717, 1.165) is 6.07 Å². The highest BCUT2D eigenvalue weighted by atomic mass is 19.1. The molecular formula is C8H9BFNO2. The van der Waals surface area contributed by atoms with Crippen LogP contribution in [0.15, 0.2) is 12.1 Å². The van der Waals surface area contributed by atoms with Crippen LogP contribution in [0.5, 0.6) is 0 Å². The summed E-state index contributed by atoms with van der Waals surface area (Å²) in [5, 5.41) is 0. The number of methoxy groups -OCH3 is 1. The number of nitrogens with two attached hydrogens (primary N) is 1. The lowest BCUT2D eigenvalue weighted by molar-refractivity contribution is 0.0602. The van der Waals surface area contributed by atoms with Crippen LogP contribution in [0, 0.1) is 5.82 Å². The molecule has 0 saturated heterocycles. The van der Waals surface area contributed by atoms with E-state index in [1.807, 2.05) is 0 Å². The van der Waals surface area contributed by atoms with E-state index < -0.39 is 11.8 Å². The highest BCUT2D eigenvalue weighted by Crippen LogP contribution is 2.12. The van der Waals surface area contributed by atoms with Gasteiger partial charge in [0.2, 0.25) is 0 Å². The second-order valence-corrected chi connectivity index (χ2v) is 2.68. The molecule has 1 rings (SSSR count). The maximum Gasteiger partial charge on any atom is 0.339 e. The Balaban J connectivity index is 3.23. The summed E-state index contributed by atoms with van der Waals surface area (Å²) < 4.78 is 17.4. The predicted octanol–water partition coefficient (Wildman–Crippen LogP) is -0.547. The largest absolute Gasteiger partial charge is 0.465 e. The van der Waals surface area contributed by atoms with Crippen molar-refractivity contribution in [3.63, 3.8) is 0 Å². The molecule has 13 heavy (non-hydrogen) atoms. The summed E-state index contributed by atoms with van der Waals surface area (Å²) in [7, 11) is 2.81. The SMILES string of the molecule is Bc1cc(C(=O)OC)c(N)cc1F. The molecule has 2 N–H and O–H groups in total. The number of anilines is 1. The number of carbonyl (C=O) groups excluding carboxylic acids is 1. The molecule has 0 radical (unpaired) electrons. The Labute approximate surface area is 76.1 Å². The van der Waals surface area contributed by atoms with Crippen LogP contribution in [0.2, 0.25) is 0 Å². The van der Waals surface area contributed by atoms with E-state index in [9.17, 15) is 9.18 Å². The van der Waals surface area contributed by atoms with Crippen molar-refractivity contribution in [1.82, 2.24) is 0 Å². The minimum Gasteiger partial charge on any atom is -0.465 e. The maximum absolute atomic E-state index is 12.9. The summed E-state index contributed by atoms with van der Waals surface area (Å²) in [6, 6.07) is 2.48. The lowest BCUT2D eigenvalue weighted by atomic mass is 9.93. The van der Waals surface area contributed by atoms with Gasteiger partial charge in [-0.2, -0.15) is 0 Å². The number of ether oxygens (including phenoxy) is 1.